The first-order valence-electron chi connectivity index (χ1n) is 10.7. The van der Waals surface area contributed by atoms with Crippen molar-refractivity contribution < 1.29 is 13.9 Å². The maximum absolute atomic E-state index is 13.3. The smallest absolute Gasteiger partial charge is 0.252 e. The van der Waals surface area contributed by atoms with Crippen molar-refractivity contribution in [2.24, 2.45) is 0 Å². The largest absolute Gasteiger partial charge is 0.376 e. The molecule has 6 nitrogen and oxygen atoms in total. The number of benzene rings is 2. The van der Waals surface area contributed by atoms with E-state index in [0.717, 1.165) is 47.3 Å². The molecular formula is C25H23FN4O2. The molecule has 1 aliphatic rings. The second kappa shape index (κ2) is 8.51. The molecular weight excluding hydrogens is 407 g/mol. The van der Waals surface area contributed by atoms with Gasteiger partial charge in [0.2, 0.25) is 0 Å². The minimum atomic E-state index is -0.298. The second-order valence-corrected chi connectivity index (χ2v) is 7.95. The Kier molecular flexibility index (Phi) is 5.41. The summed E-state index contributed by atoms with van der Waals surface area (Å²) in [5.41, 5.74) is 4.39. The van der Waals surface area contributed by atoms with E-state index in [2.05, 4.69) is 10.4 Å². The van der Waals surface area contributed by atoms with Crippen LogP contribution >= 0.6 is 0 Å². The molecule has 0 saturated carbocycles. The quantitative estimate of drug-likeness (QED) is 0.508. The lowest BCUT2D eigenvalue weighted by Gasteiger charge is -2.13. The first kappa shape index (κ1) is 20.3. The molecule has 5 rings (SSSR count). The van der Waals surface area contributed by atoms with E-state index in [1.54, 1.807) is 23.0 Å². The number of carbonyl (C=O) groups excluding carboxylic acids is 1. The molecule has 162 valence electrons. The zero-order chi connectivity index (χ0) is 22.1. The number of amides is 1. The Morgan fingerprint density at radius 1 is 1.22 bits per heavy atom. The minimum Gasteiger partial charge on any atom is -0.376 e. The SMILES string of the molecule is Cc1c(-c2cc(C(=O)NC[C@H]3CCCO3)c3ccccc3n2)cnn1-c1ccc(F)cc1. The third kappa shape index (κ3) is 3.87. The summed E-state index contributed by atoms with van der Waals surface area (Å²) in [4.78, 5) is 17.9. The van der Waals surface area contributed by atoms with Gasteiger partial charge in [-0.25, -0.2) is 14.1 Å². The zero-order valence-corrected chi connectivity index (χ0v) is 17.7. The zero-order valence-electron chi connectivity index (χ0n) is 17.7. The van der Waals surface area contributed by atoms with Gasteiger partial charge in [-0.05, 0) is 56.2 Å². The molecule has 1 saturated heterocycles. The molecule has 2 aromatic carbocycles. The molecule has 1 atom stereocenters. The Hall–Kier alpha value is -3.58. The van der Waals surface area contributed by atoms with Gasteiger partial charge in [-0.15, -0.1) is 0 Å². The Morgan fingerprint density at radius 2 is 2.03 bits per heavy atom. The minimum absolute atomic E-state index is 0.0720. The molecule has 2 aromatic heterocycles. The van der Waals surface area contributed by atoms with E-state index in [4.69, 9.17) is 9.72 Å². The topological polar surface area (TPSA) is 69.0 Å². The predicted molar refractivity (Wildman–Crippen MR) is 120 cm³/mol. The van der Waals surface area contributed by atoms with Crippen molar-refractivity contribution in [3.63, 3.8) is 0 Å². The summed E-state index contributed by atoms with van der Waals surface area (Å²) in [5, 5.41) is 8.28. The number of carbonyl (C=O) groups is 1. The van der Waals surface area contributed by atoms with Gasteiger partial charge >= 0.3 is 0 Å². The molecule has 7 heteroatoms. The fraction of sp³-hybridized carbons (Fsp3) is 0.240. The van der Waals surface area contributed by atoms with Gasteiger partial charge < -0.3 is 10.1 Å². The highest BCUT2D eigenvalue weighted by atomic mass is 19.1. The third-order valence-corrected chi connectivity index (χ3v) is 5.83. The number of hydrogen-bond donors (Lipinski definition) is 1. The maximum atomic E-state index is 13.3. The molecule has 0 bridgehead atoms. The molecule has 32 heavy (non-hydrogen) atoms. The lowest BCUT2D eigenvalue weighted by Crippen LogP contribution is -2.32. The molecule has 0 spiro atoms. The normalized spacial score (nSPS) is 15.9. The molecule has 0 radical (unpaired) electrons. The first-order valence-corrected chi connectivity index (χ1v) is 10.7. The second-order valence-electron chi connectivity index (χ2n) is 7.95. The van der Waals surface area contributed by atoms with E-state index in [1.807, 2.05) is 37.3 Å². The maximum Gasteiger partial charge on any atom is 0.252 e. The van der Waals surface area contributed by atoms with Crippen LogP contribution in [0.1, 0.15) is 28.9 Å². The van der Waals surface area contributed by atoms with Crippen molar-refractivity contribution in [1.82, 2.24) is 20.1 Å². The van der Waals surface area contributed by atoms with E-state index in [9.17, 15) is 9.18 Å². The molecule has 1 N–H and O–H groups in total. The van der Waals surface area contributed by atoms with Crippen molar-refractivity contribution in [2.75, 3.05) is 13.2 Å². The van der Waals surface area contributed by atoms with Gasteiger partial charge in [-0.1, -0.05) is 18.2 Å². The van der Waals surface area contributed by atoms with Gasteiger partial charge in [-0.2, -0.15) is 5.10 Å². The highest BCUT2D eigenvalue weighted by Gasteiger charge is 2.20. The van der Waals surface area contributed by atoms with Gasteiger partial charge in [0.05, 0.1) is 40.5 Å². The summed E-state index contributed by atoms with van der Waals surface area (Å²) >= 11 is 0. The summed E-state index contributed by atoms with van der Waals surface area (Å²) in [6.45, 7) is 3.17. The fourth-order valence-electron chi connectivity index (χ4n) is 4.11. The molecule has 0 aliphatic carbocycles. The number of ether oxygens (including phenoxy) is 1. The number of fused-ring (bicyclic) bond motifs is 1. The monoisotopic (exact) mass is 430 g/mol. The molecule has 4 aromatic rings. The van der Waals surface area contributed by atoms with E-state index in [1.165, 1.54) is 12.1 Å². The van der Waals surface area contributed by atoms with Crippen LogP contribution in [-0.4, -0.2) is 39.9 Å². The van der Waals surface area contributed by atoms with Crippen molar-refractivity contribution in [1.29, 1.82) is 0 Å². The number of halogens is 1. The average molecular weight is 430 g/mol. The van der Waals surface area contributed by atoms with E-state index in [-0.39, 0.29) is 17.8 Å². The van der Waals surface area contributed by atoms with Crippen LogP contribution in [0, 0.1) is 12.7 Å². The molecule has 0 unspecified atom stereocenters. The van der Waals surface area contributed by atoms with Gasteiger partial charge in [0.15, 0.2) is 0 Å². The summed E-state index contributed by atoms with van der Waals surface area (Å²) in [6, 6.07) is 15.6. The summed E-state index contributed by atoms with van der Waals surface area (Å²) < 4.78 is 20.7. The lowest BCUT2D eigenvalue weighted by molar-refractivity contribution is 0.0859. The summed E-state index contributed by atoms with van der Waals surface area (Å²) in [7, 11) is 0. The van der Waals surface area contributed by atoms with Crippen LogP contribution in [0.2, 0.25) is 0 Å². The Balaban J connectivity index is 1.52. The third-order valence-electron chi connectivity index (χ3n) is 5.83. The van der Waals surface area contributed by atoms with E-state index in [0.29, 0.717) is 17.8 Å². The Morgan fingerprint density at radius 3 is 2.81 bits per heavy atom. The number of nitrogens with zero attached hydrogens (tertiary/aromatic N) is 3. The number of nitrogens with one attached hydrogen (secondary N) is 1. The summed E-state index contributed by atoms with van der Waals surface area (Å²) in [5.74, 6) is -0.447. The molecule has 3 heterocycles. The van der Waals surface area contributed by atoms with E-state index < -0.39 is 0 Å². The number of pyridine rings is 1. The first-order chi connectivity index (χ1) is 15.6. The number of rotatable bonds is 5. The molecule has 1 aliphatic heterocycles. The van der Waals surface area contributed by atoms with Gasteiger partial charge in [0.1, 0.15) is 5.82 Å². The van der Waals surface area contributed by atoms with Gasteiger partial charge in [-0.3, -0.25) is 4.79 Å². The van der Waals surface area contributed by atoms with Gasteiger partial charge in [0, 0.05) is 24.1 Å². The number of hydrogen-bond acceptors (Lipinski definition) is 4. The van der Waals surface area contributed by atoms with Gasteiger partial charge in [0.25, 0.3) is 5.91 Å². The molecule has 1 amide bonds. The van der Waals surface area contributed by atoms with Crippen LogP contribution in [0.5, 0.6) is 0 Å². The lowest BCUT2D eigenvalue weighted by atomic mass is 10.0. The fourth-order valence-corrected chi connectivity index (χ4v) is 4.11. The van der Waals surface area contributed by atoms with Crippen LogP contribution in [0.3, 0.4) is 0 Å². The van der Waals surface area contributed by atoms with Crippen LogP contribution < -0.4 is 5.32 Å². The average Bonchev–Trinajstić information content (AvgIpc) is 3.47. The van der Waals surface area contributed by atoms with Crippen molar-refractivity contribution in [2.45, 2.75) is 25.9 Å². The highest BCUT2D eigenvalue weighted by Crippen LogP contribution is 2.28. The van der Waals surface area contributed by atoms with Crippen molar-refractivity contribution in [3.8, 4) is 16.9 Å². The standard InChI is InChI=1S/C25H23FN4O2/c1-16-22(15-28-30(16)18-10-8-17(26)9-11-18)24-13-21(20-6-2-3-7-23(20)29-24)25(31)27-14-19-5-4-12-32-19/h2-3,6-11,13,15,19H,4-5,12,14H2,1H3,(H,27,31)/t19-/m1/s1. The Labute approximate surface area is 185 Å². The van der Waals surface area contributed by atoms with Crippen LogP contribution in [-0.2, 0) is 4.74 Å². The number of aromatic nitrogens is 3. The molecule has 1 fully saturated rings. The highest BCUT2D eigenvalue weighted by molar-refractivity contribution is 6.07. The predicted octanol–water partition coefficient (Wildman–Crippen LogP) is 4.44. The van der Waals surface area contributed by atoms with Crippen LogP contribution in [0.4, 0.5) is 4.39 Å². The summed E-state index contributed by atoms with van der Waals surface area (Å²) in [6.07, 6.45) is 3.79. The van der Waals surface area contributed by atoms with Crippen molar-refractivity contribution >= 4 is 16.8 Å². The number of para-hydroxylation sites is 1. The van der Waals surface area contributed by atoms with Crippen LogP contribution in [0.25, 0.3) is 27.8 Å². The van der Waals surface area contributed by atoms with E-state index >= 15 is 0 Å². The Bertz CT molecular complexity index is 1280. The van der Waals surface area contributed by atoms with Crippen molar-refractivity contribution in [3.05, 3.63) is 77.9 Å². The van der Waals surface area contributed by atoms with Crippen LogP contribution in [0.15, 0.2) is 60.8 Å².